The number of aromatic nitrogens is 1. The van der Waals surface area contributed by atoms with Crippen LogP contribution in [0.1, 0.15) is 33.2 Å². The molecule has 3 aromatic carbocycles. The number of hydroxylamine groups is 1. The Morgan fingerprint density at radius 2 is 1.52 bits per heavy atom. The molecule has 0 saturated heterocycles. The highest BCUT2D eigenvalue weighted by Gasteiger charge is 2.15. The Hall–Kier alpha value is -4.22. The normalized spacial score (nSPS) is 11.8. The van der Waals surface area contributed by atoms with E-state index in [4.69, 9.17) is 4.84 Å². The molecule has 0 aliphatic heterocycles. The summed E-state index contributed by atoms with van der Waals surface area (Å²) in [4.78, 5) is 22.9. The monoisotopic (exact) mass is 435 g/mol. The molecule has 1 aromatic heterocycles. The fourth-order valence-corrected chi connectivity index (χ4v) is 3.33. The molecule has 0 fully saturated rings. The molecule has 0 radical (unpaired) electrons. The van der Waals surface area contributed by atoms with Gasteiger partial charge in [-0.3, -0.25) is 14.6 Å². The average molecular weight is 436 g/mol. The van der Waals surface area contributed by atoms with E-state index in [0.29, 0.717) is 12.1 Å². The lowest BCUT2D eigenvalue weighted by Gasteiger charge is -2.16. The molecule has 1 amide bonds. The van der Waals surface area contributed by atoms with Crippen molar-refractivity contribution in [1.82, 2.24) is 10.5 Å². The van der Waals surface area contributed by atoms with Gasteiger partial charge in [-0.1, -0.05) is 78.9 Å². The van der Waals surface area contributed by atoms with E-state index >= 15 is 0 Å². The van der Waals surface area contributed by atoms with Gasteiger partial charge in [-0.2, -0.15) is 0 Å². The van der Waals surface area contributed by atoms with Crippen LogP contribution in [0.4, 0.5) is 5.69 Å². The minimum Gasteiger partial charge on any atom is -0.380 e. The fourth-order valence-electron chi connectivity index (χ4n) is 3.33. The summed E-state index contributed by atoms with van der Waals surface area (Å²) < 4.78 is 0. The molecule has 33 heavy (non-hydrogen) atoms. The smallest absolute Gasteiger partial charge is 0.276 e. The van der Waals surface area contributed by atoms with Crippen molar-refractivity contribution in [1.29, 1.82) is 0 Å². The number of carbonyl (C=O) groups is 1. The second-order valence-corrected chi connectivity index (χ2v) is 7.40. The number of nitrogens with zero attached hydrogens (tertiary/aromatic N) is 1. The van der Waals surface area contributed by atoms with Crippen LogP contribution < -0.4 is 10.8 Å². The van der Waals surface area contributed by atoms with Crippen molar-refractivity contribution in [3.8, 4) is 0 Å². The third kappa shape index (κ3) is 6.38. The number of pyridine rings is 1. The number of amides is 1. The Balaban J connectivity index is 1.46. The van der Waals surface area contributed by atoms with Gasteiger partial charge in [0.15, 0.2) is 0 Å². The summed E-state index contributed by atoms with van der Waals surface area (Å²) in [6, 6.07) is 31.0. The minimum atomic E-state index is -0.438. The number of hydrogen-bond donors (Lipinski definition) is 2. The van der Waals surface area contributed by atoms with Crippen LogP contribution >= 0.6 is 0 Å². The zero-order chi connectivity index (χ0) is 22.7. The lowest BCUT2D eigenvalue weighted by molar-refractivity contribution is 0.00379. The Morgan fingerprint density at radius 3 is 2.27 bits per heavy atom. The number of benzene rings is 3. The van der Waals surface area contributed by atoms with Gasteiger partial charge in [-0.25, -0.2) is 5.48 Å². The highest BCUT2D eigenvalue weighted by Crippen LogP contribution is 2.21. The van der Waals surface area contributed by atoms with Crippen LogP contribution in [-0.4, -0.2) is 10.9 Å². The molecular formula is C28H25N3O2. The molecule has 164 valence electrons. The predicted molar refractivity (Wildman–Crippen MR) is 131 cm³/mol. The van der Waals surface area contributed by atoms with Gasteiger partial charge in [0.25, 0.3) is 5.91 Å². The number of hydrogen-bond acceptors (Lipinski definition) is 4. The first-order valence-electron chi connectivity index (χ1n) is 10.8. The lowest BCUT2D eigenvalue weighted by atomic mass is 10.1. The van der Waals surface area contributed by atoms with E-state index in [9.17, 15) is 4.79 Å². The average Bonchev–Trinajstić information content (AvgIpc) is 2.89. The number of rotatable bonds is 9. The zero-order valence-electron chi connectivity index (χ0n) is 18.1. The standard InChI is InChI=1S/C28H25N3O2/c32-28(25-13-7-8-14-26(25)30-21-23-17-19-29-20-18-23)31-33-27(24-11-5-2-6-12-24)16-15-22-9-3-1-4-10-22/h1-20,27,30H,21H2,(H,31,32). The van der Waals surface area contributed by atoms with Crippen molar-refractivity contribution in [2.75, 3.05) is 5.32 Å². The topological polar surface area (TPSA) is 63.2 Å². The van der Waals surface area contributed by atoms with Crippen LogP contribution in [0.3, 0.4) is 0 Å². The van der Waals surface area contributed by atoms with Crippen molar-refractivity contribution >= 4 is 17.7 Å². The van der Waals surface area contributed by atoms with Crippen molar-refractivity contribution in [3.05, 3.63) is 138 Å². The van der Waals surface area contributed by atoms with E-state index in [1.54, 1.807) is 18.5 Å². The molecule has 2 N–H and O–H groups in total. The Morgan fingerprint density at radius 1 is 0.848 bits per heavy atom. The van der Waals surface area contributed by atoms with Gasteiger partial charge >= 0.3 is 0 Å². The third-order valence-corrected chi connectivity index (χ3v) is 5.07. The van der Waals surface area contributed by atoms with Crippen molar-refractivity contribution in [2.24, 2.45) is 0 Å². The number of carbonyl (C=O) groups excluding carboxylic acids is 1. The van der Waals surface area contributed by atoms with Gasteiger partial charge < -0.3 is 5.32 Å². The number of nitrogens with one attached hydrogen (secondary N) is 2. The molecule has 0 aliphatic carbocycles. The highest BCUT2D eigenvalue weighted by atomic mass is 16.7. The summed E-state index contributed by atoms with van der Waals surface area (Å²) in [6.45, 7) is 0.583. The first-order chi connectivity index (χ1) is 16.3. The van der Waals surface area contributed by atoms with Crippen LogP contribution in [-0.2, 0) is 11.4 Å². The molecule has 0 aliphatic rings. The van der Waals surface area contributed by atoms with E-state index in [0.717, 1.165) is 22.4 Å². The van der Waals surface area contributed by atoms with Gasteiger partial charge in [0, 0.05) is 24.6 Å². The van der Waals surface area contributed by atoms with Crippen LogP contribution in [0.25, 0.3) is 6.08 Å². The van der Waals surface area contributed by atoms with Crippen LogP contribution in [0.5, 0.6) is 0 Å². The molecule has 0 bridgehead atoms. The molecule has 1 unspecified atom stereocenters. The summed E-state index contributed by atoms with van der Waals surface area (Å²) in [7, 11) is 0. The molecule has 4 rings (SSSR count). The van der Waals surface area contributed by atoms with E-state index in [1.807, 2.05) is 103 Å². The van der Waals surface area contributed by atoms with Crippen molar-refractivity contribution in [3.63, 3.8) is 0 Å². The Bertz CT molecular complexity index is 1180. The van der Waals surface area contributed by atoms with E-state index in [-0.39, 0.29) is 5.91 Å². The molecule has 1 atom stereocenters. The summed E-state index contributed by atoms with van der Waals surface area (Å²) in [6.07, 6.45) is 6.96. The Labute approximate surface area is 193 Å². The molecule has 4 aromatic rings. The maximum atomic E-state index is 13.0. The Kier molecular flexibility index (Phi) is 7.61. The largest absolute Gasteiger partial charge is 0.380 e. The van der Waals surface area contributed by atoms with Gasteiger partial charge in [-0.05, 0) is 47.0 Å². The van der Waals surface area contributed by atoms with Gasteiger partial charge in [0.05, 0.1) is 5.56 Å². The molecule has 1 heterocycles. The minimum absolute atomic E-state index is 0.318. The highest BCUT2D eigenvalue weighted by molar-refractivity contribution is 5.99. The van der Waals surface area contributed by atoms with Crippen molar-refractivity contribution < 1.29 is 9.63 Å². The molecule has 0 spiro atoms. The molecule has 0 saturated carbocycles. The van der Waals surface area contributed by atoms with Gasteiger partial charge in [0.1, 0.15) is 6.10 Å². The fraction of sp³-hybridized carbons (Fsp3) is 0.0714. The lowest BCUT2D eigenvalue weighted by Crippen LogP contribution is -2.26. The molecular weight excluding hydrogens is 410 g/mol. The summed E-state index contributed by atoms with van der Waals surface area (Å²) in [5.74, 6) is -0.318. The SMILES string of the molecule is O=C(NOC(C=Cc1ccccc1)c1ccccc1)c1ccccc1NCc1ccncc1. The maximum Gasteiger partial charge on any atom is 0.276 e. The second kappa shape index (κ2) is 11.4. The van der Waals surface area contributed by atoms with E-state index < -0.39 is 6.10 Å². The zero-order valence-corrected chi connectivity index (χ0v) is 18.1. The van der Waals surface area contributed by atoms with E-state index in [2.05, 4.69) is 15.8 Å². The number of anilines is 1. The predicted octanol–water partition coefficient (Wildman–Crippen LogP) is 5.81. The van der Waals surface area contributed by atoms with E-state index in [1.165, 1.54) is 0 Å². The first-order valence-corrected chi connectivity index (χ1v) is 10.8. The summed E-state index contributed by atoms with van der Waals surface area (Å²) in [5, 5.41) is 3.32. The maximum absolute atomic E-state index is 13.0. The van der Waals surface area contributed by atoms with Gasteiger partial charge in [-0.15, -0.1) is 0 Å². The number of para-hydroxylation sites is 1. The molecule has 5 heteroatoms. The van der Waals surface area contributed by atoms with Gasteiger partial charge in [0.2, 0.25) is 0 Å². The summed E-state index contributed by atoms with van der Waals surface area (Å²) in [5.41, 5.74) is 6.93. The van der Waals surface area contributed by atoms with Crippen LogP contribution in [0.2, 0.25) is 0 Å². The third-order valence-electron chi connectivity index (χ3n) is 5.07. The quantitative estimate of drug-likeness (QED) is 0.326. The summed E-state index contributed by atoms with van der Waals surface area (Å²) >= 11 is 0. The van der Waals surface area contributed by atoms with Crippen LogP contribution in [0, 0.1) is 0 Å². The van der Waals surface area contributed by atoms with Crippen molar-refractivity contribution in [2.45, 2.75) is 12.6 Å². The first kappa shape index (κ1) is 22.0. The molecule has 5 nitrogen and oxygen atoms in total. The van der Waals surface area contributed by atoms with Crippen LogP contribution in [0.15, 0.2) is 116 Å². The second-order valence-electron chi connectivity index (χ2n) is 7.40.